The molecule has 10 saturated carbocycles. The van der Waals surface area contributed by atoms with Gasteiger partial charge in [-0.3, -0.25) is 28.8 Å². The van der Waals surface area contributed by atoms with Crippen molar-refractivity contribution in [2.75, 3.05) is 12.3 Å². The van der Waals surface area contributed by atoms with Crippen molar-refractivity contribution >= 4 is 59.8 Å². The number of carbonyl (C=O) groups is 6. The Morgan fingerprint density at radius 3 is 1.29 bits per heavy atom. The molecule has 444 valence electrons. The van der Waals surface area contributed by atoms with E-state index in [0.29, 0.717) is 88.1 Å². The molecule has 79 heavy (non-hydrogen) atoms. The molecule has 0 aliphatic heterocycles. The Labute approximate surface area is 513 Å². The summed E-state index contributed by atoms with van der Waals surface area (Å²) in [7, 11) is 3.75. The van der Waals surface area contributed by atoms with Crippen molar-refractivity contribution in [1.29, 1.82) is 1.34 Å². The fourth-order valence-corrected chi connectivity index (χ4v) is 23.8. The first-order chi connectivity index (χ1) is 36.7. The average Bonchev–Trinajstić information content (AvgIpc) is 4.00. The third-order valence-corrected chi connectivity index (χ3v) is 27.9. The van der Waals surface area contributed by atoms with Gasteiger partial charge in [0, 0.05) is 77.0 Å². The standard InChI is InChI=1S/C33H52O5.C30H48O3.C3H5BrO2.BH.U/c1-20(2)22-11-16-33(28(36)38-19-37-21(3)34)18-17-31(7)23(27(22)33)9-10-25-30(6)14-13-26(35)29(4,5)24(30)12-15-32(25,31)8;1-18(2)19-10-15-30(25(32)33)17-16-28(6)20(24(19)30)8-9-22-27(5)13-12-23(31)26(3,4)21(27)11-14-29(22,28)7;1-3(5)6-2-4;;/h20,22-25,27H,9-19H2,1-8H3;18-22,24H,8-17H2,1-7H3,(H,32,33);2H2,1H3;1H;/t22?,23-,24?,25-,27?,30+,31-,32-,33+;19?,20-,21?,22-,24?,27+,28-,29-,30+;;;/m11.../s1/i;;;1D;. The van der Waals surface area contributed by atoms with Gasteiger partial charge >= 0.3 is 23.9 Å². The Morgan fingerprint density at radius 2 is 0.924 bits per heavy atom. The second kappa shape index (κ2) is 23.2. The molecule has 0 aromatic heterocycles. The number of esters is 3. The van der Waals surface area contributed by atoms with Gasteiger partial charge in [0.2, 0.25) is 6.79 Å². The Bertz CT molecular complexity index is 2330. The van der Waals surface area contributed by atoms with Crippen LogP contribution in [0.4, 0.5) is 0 Å². The predicted octanol–water partition coefficient (Wildman–Crippen LogP) is 15.0. The third-order valence-electron chi connectivity index (χ3n) is 27.7. The monoisotopic (exact) mass is 1390 g/mol. The molecule has 10 nitrogen and oxygen atoms in total. The molecule has 0 heterocycles. The van der Waals surface area contributed by atoms with Gasteiger partial charge in [-0.2, -0.15) is 0 Å². The van der Waals surface area contributed by atoms with Crippen LogP contribution < -0.4 is 0 Å². The van der Waals surface area contributed by atoms with Crippen LogP contribution in [-0.2, 0) is 43.0 Å². The van der Waals surface area contributed by atoms with Crippen molar-refractivity contribution < 1.29 is 79.2 Å². The Balaban J connectivity index is 0.000000227. The number of ether oxygens (including phenoxy) is 3. The van der Waals surface area contributed by atoms with Gasteiger partial charge in [0.15, 0.2) is 0 Å². The molecule has 10 aliphatic rings. The second-order valence-electron chi connectivity index (χ2n) is 31.1. The molecule has 0 saturated heterocycles. The minimum Gasteiger partial charge on any atom is -0.481 e. The molecule has 10 aliphatic carbocycles. The zero-order chi connectivity index (χ0) is 59.1. The maximum atomic E-state index is 13.8. The number of carboxylic acids is 1. The Hall–Kier alpha value is -1.18. The van der Waals surface area contributed by atoms with Gasteiger partial charge in [0.25, 0.3) is 0 Å². The summed E-state index contributed by atoms with van der Waals surface area (Å²) in [4.78, 5) is 73.6. The topological polar surface area (TPSA) is 150 Å². The summed E-state index contributed by atoms with van der Waals surface area (Å²) in [5, 5.41) is 10.5. The van der Waals surface area contributed by atoms with Gasteiger partial charge in [-0.25, -0.2) is 0 Å². The van der Waals surface area contributed by atoms with Crippen LogP contribution in [0.25, 0.3) is 0 Å². The predicted molar refractivity (Wildman–Crippen MR) is 311 cm³/mol. The van der Waals surface area contributed by atoms with E-state index in [-0.39, 0.29) is 93.2 Å². The first-order valence-corrected chi connectivity index (χ1v) is 32.1. The van der Waals surface area contributed by atoms with Gasteiger partial charge < -0.3 is 19.3 Å². The smallest absolute Gasteiger partial charge is 0.315 e. The maximum absolute atomic E-state index is 13.8. The van der Waals surface area contributed by atoms with E-state index in [1.165, 1.54) is 52.4 Å². The number of rotatable bonds is 7. The molecule has 10 fully saturated rings. The summed E-state index contributed by atoms with van der Waals surface area (Å²) in [6, 6.07) is 0. The van der Waals surface area contributed by atoms with Gasteiger partial charge in [-0.15, -0.1) is 0 Å². The molecule has 10 rings (SSSR count). The molecule has 6 unspecified atom stereocenters. The van der Waals surface area contributed by atoms with E-state index in [1.807, 2.05) is 0 Å². The number of ketones is 2. The summed E-state index contributed by atoms with van der Waals surface area (Å²) in [6.45, 7) is 36.1. The number of fused-ring (bicyclic) bond motifs is 14. The molecule has 1 N–H and O–H groups in total. The number of carbonyl (C=O) groups excluding carboxylic acids is 5. The molecule has 2 radical (unpaired) electrons. The maximum Gasteiger partial charge on any atom is 0.315 e. The second-order valence-corrected chi connectivity index (χ2v) is 31.6. The van der Waals surface area contributed by atoms with Crippen molar-refractivity contribution in [3.63, 3.8) is 0 Å². The first kappa shape index (κ1) is 65.4. The van der Waals surface area contributed by atoms with Crippen LogP contribution in [0.1, 0.15) is 239 Å². The van der Waals surface area contributed by atoms with Crippen molar-refractivity contribution in [2.45, 2.75) is 239 Å². The van der Waals surface area contributed by atoms with Crippen LogP contribution in [0.5, 0.6) is 0 Å². The van der Waals surface area contributed by atoms with Crippen LogP contribution in [0.15, 0.2) is 0 Å². The summed E-state index contributed by atoms with van der Waals surface area (Å²) in [6.07, 6.45) is 20.9. The van der Waals surface area contributed by atoms with Crippen LogP contribution in [0.2, 0.25) is 0 Å². The quantitative estimate of drug-likeness (QED) is 0.113. The Morgan fingerprint density at radius 1 is 0.532 bits per heavy atom. The third kappa shape index (κ3) is 10.2. The summed E-state index contributed by atoms with van der Waals surface area (Å²) in [5.41, 5.74) is 0.165. The number of Topliss-reactive ketones (excluding diaryl/α,β-unsaturated/α-hetero) is 2. The fourth-order valence-electron chi connectivity index (χ4n) is 23.5. The normalized spacial score (nSPS) is 45.6. The largest absolute Gasteiger partial charge is 0.481 e. The van der Waals surface area contributed by atoms with Crippen molar-refractivity contribution in [3.05, 3.63) is 0 Å². The van der Waals surface area contributed by atoms with Crippen LogP contribution >= 0.6 is 15.9 Å². The molecule has 0 aromatic rings. The van der Waals surface area contributed by atoms with E-state index in [2.05, 4.69) is 126 Å². The molecule has 18 atom stereocenters. The van der Waals surface area contributed by atoms with Crippen molar-refractivity contribution in [3.8, 4) is 0 Å². The zero-order valence-electron chi connectivity index (χ0n) is 53.1. The number of alkyl halides is 1. The first-order valence-electron chi connectivity index (χ1n) is 31.6. The van der Waals surface area contributed by atoms with E-state index >= 15 is 0 Å². The molecule has 13 heteroatoms. The number of carboxylic acid groups (broad SMARTS) is 1. The van der Waals surface area contributed by atoms with Crippen molar-refractivity contribution in [1.82, 2.24) is 0 Å². The Kier molecular flexibility index (Phi) is 19.2. The number of halogens is 1. The molecular formula is C66H106BBrO10U. The van der Waals surface area contributed by atoms with Crippen molar-refractivity contribution in [2.24, 2.45) is 125 Å². The number of hydrogen-bond acceptors (Lipinski definition) is 9. The molecular weight excluding hydrogens is 1280 g/mol. The fraction of sp³-hybridized carbons (Fsp3) is 0.909. The summed E-state index contributed by atoms with van der Waals surface area (Å²) in [5.74, 6) is 5.64. The molecule has 0 aromatic carbocycles. The summed E-state index contributed by atoms with van der Waals surface area (Å²) < 4.78 is 20.3. The number of aliphatic carboxylic acids is 1. The van der Waals surface area contributed by atoms with Crippen LogP contribution in [0, 0.1) is 156 Å². The summed E-state index contributed by atoms with van der Waals surface area (Å²) >= 11 is 2.91. The van der Waals surface area contributed by atoms with Crippen LogP contribution in [-0.4, -0.2) is 62.6 Å². The van der Waals surface area contributed by atoms with Crippen LogP contribution in [0.3, 0.4) is 0 Å². The van der Waals surface area contributed by atoms with E-state index in [9.17, 15) is 33.9 Å². The SMILES string of the molecule is CC(=O)OCBr.CC(=O)OCOC(=O)[C@]12CCC(C(C)C)C1[C@H]1CC[C@@H]3[C@@]4(C)CCC(=O)C(C)(C)C4CC[C@@]3(C)[C@]1(C)CC2.CC(C)C1CC[C@]2(C(=O)O)CC[C@]3(C)[C@H](CC[C@@H]4[C@@]5(C)CCC(=O)C(C)(C)C5CC[C@]43C)C12.[2H][B].[U]. The van der Waals surface area contributed by atoms with E-state index in [4.69, 9.17) is 10.8 Å². The zero-order valence-corrected chi connectivity index (χ0v) is 57.8. The van der Waals surface area contributed by atoms with Gasteiger partial charge in [-0.1, -0.05) is 96.9 Å². The van der Waals surface area contributed by atoms with Gasteiger partial charge in [0.1, 0.15) is 17.1 Å². The van der Waals surface area contributed by atoms with Gasteiger partial charge in [0.05, 0.1) is 10.8 Å². The molecule has 0 amide bonds. The minimum absolute atomic E-state index is 0. The van der Waals surface area contributed by atoms with Gasteiger partial charge in [-0.05, 0) is 236 Å². The van der Waals surface area contributed by atoms with E-state index in [0.717, 1.165) is 89.9 Å². The van der Waals surface area contributed by atoms with E-state index < -0.39 is 22.8 Å². The average molecular weight is 1390 g/mol. The van der Waals surface area contributed by atoms with E-state index in [1.54, 1.807) is 0 Å². The molecule has 0 spiro atoms. The minimum atomic E-state index is -0.506. The molecule has 0 bridgehead atoms. The number of hydrogen-bond donors (Lipinski definition) is 1.